The molecule has 0 spiro atoms. The number of hydrogen-bond donors (Lipinski definition) is 1. The topological polar surface area (TPSA) is 75.3 Å². The molecule has 1 amide bonds. The predicted octanol–water partition coefficient (Wildman–Crippen LogP) is 4.80. The molecule has 166 valence electrons. The summed E-state index contributed by atoms with van der Waals surface area (Å²) in [6, 6.07) is 12.3. The van der Waals surface area contributed by atoms with Crippen LogP contribution in [0, 0.1) is 23.7 Å². The highest BCUT2D eigenvalue weighted by Gasteiger charge is 2.39. The van der Waals surface area contributed by atoms with E-state index in [2.05, 4.69) is 11.2 Å². The number of alkyl halides is 3. The molecule has 0 saturated carbocycles. The second-order valence-electron chi connectivity index (χ2n) is 7.51. The van der Waals surface area contributed by atoms with Gasteiger partial charge in [-0.05, 0) is 49.1 Å². The first-order valence-electron chi connectivity index (χ1n) is 10.0. The summed E-state index contributed by atoms with van der Waals surface area (Å²) in [7, 11) is 0. The molecule has 0 fully saturated rings. The van der Waals surface area contributed by atoms with Crippen LogP contribution in [0.15, 0.2) is 52.7 Å². The van der Waals surface area contributed by atoms with E-state index in [1.54, 1.807) is 30.3 Å². The monoisotopic (exact) mass is 442 g/mol. The summed E-state index contributed by atoms with van der Waals surface area (Å²) in [6.07, 6.45) is 3.14. The summed E-state index contributed by atoms with van der Waals surface area (Å²) in [6.45, 7) is -0.0401. The number of hydrogen-bond acceptors (Lipinski definition) is 4. The zero-order valence-corrected chi connectivity index (χ0v) is 17.2. The van der Waals surface area contributed by atoms with Crippen LogP contribution in [0.25, 0.3) is 5.57 Å². The van der Waals surface area contributed by atoms with Crippen LogP contribution in [0.4, 0.5) is 13.2 Å². The number of nitrogens with zero attached hydrogens (tertiary/aromatic N) is 1. The average Bonchev–Trinajstić information content (AvgIpc) is 3.29. The van der Waals surface area contributed by atoms with Crippen LogP contribution < -0.4 is 10.1 Å². The Morgan fingerprint density at radius 2 is 2.09 bits per heavy atom. The lowest BCUT2D eigenvalue weighted by Crippen LogP contribution is -2.51. The highest BCUT2D eigenvalue weighted by Crippen LogP contribution is 2.35. The van der Waals surface area contributed by atoms with Gasteiger partial charge in [0.1, 0.15) is 28.7 Å². The van der Waals surface area contributed by atoms with Gasteiger partial charge in [-0.1, -0.05) is 18.1 Å². The van der Waals surface area contributed by atoms with Gasteiger partial charge in [0, 0.05) is 18.4 Å². The van der Waals surface area contributed by atoms with Gasteiger partial charge >= 0.3 is 6.18 Å². The van der Waals surface area contributed by atoms with E-state index in [0.29, 0.717) is 29.9 Å². The number of rotatable bonds is 8. The Labute approximate surface area is 183 Å². The van der Waals surface area contributed by atoms with Gasteiger partial charge < -0.3 is 14.5 Å². The molecule has 0 bridgehead atoms. The zero-order chi connectivity index (χ0) is 23.2. The first-order valence-corrected chi connectivity index (χ1v) is 10.0. The van der Waals surface area contributed by atoms with E-state index in [1.165, 1.54) is 6.26 Å². The van der Waals surface area contributed by atoms with Gasteiger partial charge in [0.25, 0.3) is 5.91 Å². The summed E-state index contributed by atoms with van der Waals surface area (Å²) >= 11 is 0. The lowest BCUT2D eigenvalue weighted by atomic mass is 9.80. The third-order valence-corrected chi connectivity index (χ3v) is 5.18. The number of carbonyl (C=O) groups is 1. The van der Waals surface area contributed by atoms with Crippen LogP contribution in [0.5, 0.6) is 5.75 Å². The molecule has 2 heterocycles. The summed E-state index contributed by atoms with van der Waals surface area (Å²) in [5, 5.41) is 12.2. The molecule has 0 unspecified atom stereocenters. The molecule has 1 aromatic carbocycles. The molecule has 2 aromatic rings. The standard InChI is InChI=1S/C24H21F3N2O3/c1-2-23(15-19(21-8-4-12-32-21)20(16-28)22(30)29-23)11-9-17-6-3-7-18(14-17)31-13-5-10-24(25,26)27/h1,3-4,6-8,12,14H,5,9-11,13,15H2,(H,29,30)/t23-/m0/s1. The van der Waals surface area contributed by atoms with Crippen molar-refractivity contribution in [2.24, 2.45) is 0 Å². The van der Waals surface area contributed by atoms with E-state index >= 15 is 0 Å². The van der Waals surface area contributed by atoms with Crippen molar-refractivity contribution in [1.29, 1.82) is 5.26 Å². The van der Waals surface area contributed by atoms with E-state index in [4.69, 9.17) is 15.6 Å². The SMILES string of the molecule is C#C[C@]1(CCc2cccc(OCCCC(F)(F)F)c2)CC(c2ccco2)=C(C#N)C(=O)N1. The molecule has 1 N–H and O–H groups in total. The Bertz CT molecular complexity index is 1080. The number of halogens is 3. The number of carbonyl (C=O) groups excluding carboxylic acids is 1. The Morgan fingerprint density at radius 1 is 1.28 bits per heavy atom. The highest BCUT2D eigenvalue weighted by atomic mass is 19.4. The molecule has 0 aliphatic carbocycles. The van der Waals surface area contributed by atoms with Crippen molar-refractivity contribution < 1.29 is 27.1 Å². The fraction of sp³-hybridized carbons (Fsp3) is 0.333. The van der Waals surface area contributed by atoms with Crippen molar-refractivity contribution >= 4 is 11.5 Å². The van der Waals surface area contributed by atoms with E-state index < -0.39 is 24.0 Å². The predicted molar refractivity (Wildman–Crippen MR) is 111 cm³/mol. The summed E-state index contributed by atoms with van der Waals surface area (Å²) in [4.78, 5) is 12.6. The first-order chi connectivity index (χ1) is 15.3. The Balaban J connectivity index is 1.68. The zero-order valence-electron chi connectivity index (χ0n) is 17.2. The van der Waals surface area contributed by atoms with E-state index in [1.807, 2.05) is 12.1 Å². The number of nitriles is 1. The maximum Gasteiger partial charge on any atom is 0.389 e. The molecule has 0 radical (unpaired) electrons. The van der Waals surface area contributed by atoms with Gasteiger partial charge in [-0.25, -0.2) is 0 Å². The van der Waals surface area contributed by atoms with Crippen molar-refractivity contribution in [1.82, 2.24) is 5.32 Å². The van der Waals surface area contributed by atoms with Crippen molar-refractivity contribution in [3.05, 3.63) is 59.6 Å². The molecule has 0 saturated heterocycles. The fourth-order valence-corrected chi connectivity index (χ4v) is 3.55. The first kappa shape index (κ1) is 23.0. The van der Waals surface area contributed by atoms with Crippen molar-refractivity contribution in [3.8, 4) is 24.2 Å². The number of benzene rings is 1. The molecule has 1 aliphatic heterocycles. The lowest BCUT2D eigenvalue weighted by molar-refractivity contribution is -0.136. The largest absolute Gasteiger partial charge is 0.494 e. The third-order valence-electron chi connectivity index (χ3n) is 5.18. The van der Waals surface area contributed by atoms with E-state index in [0.717, 1.165) is 5.56 Å². The average molecular weight is 442 g/mol. The van der Waals surface area contributed by atoms with Crippen LogP contribution in [-0.2, 0) is 11.2 Å². The number of aryl methyl sites for hydroxylation is 1. The van der Waals surface area contributed by atoms with E-state index in [-0.39, 0.29) is 25.0 Å². The summed E-state index contributed by atoms with van der Waals surface area (Å²) in [5.74, 6) is 3.01. The van der Waals surface area contributed by atoms with Gasteiger partial charge in [0.05, 0.1) is 12.9 Å². The molecule has 5 nitrogen and oxygen atoms in total. The molecular weight excluding hydrogens is 421 g/mol. The number of ether oxygens (including phenoxy) is 1. The van der Waals surface area contributed by atoms with Crippen LogP contribution in [0.1, 0.15) is 37.0 Å². The minimum absolute atomic E-state index is 0.0277. The minimum Gasteiger partial charge on any atom is -0.494 e. The molecule has 1 aliphatic rings. The minimum atomic E-state index is -4.20. The third kappa shape index (κ3) is 5.73. The van der Waals surface area contributed by atoms with Crippen molar-refractivity contribution in [2.75, 3.05) is 6.61 Å². The highest BCUT2D eigenvalue weighted by molar-refractivity contribution is 6.07. The van der Waals surface area contributed by atoms with Crippen LogP contribution >= 0.6 is 0 Å². The molecule has 8 heteroatoms. The van der Waals surface area contributed by atoms with Gasteiger partial charge in [-0.2, -0.15) is 18.4 Å². The number of furan rings is 1. The van der Waals surface area contributed by atoms with Gasteiger partial charge in [0.2, 0.25) is 0 Å². The quantitative estimate of drug-likeness (QED) is 0.471. The number of amides is 1. The second kappa shape index (κ2) is 9.65. The Morgan fingerprint density at radius 3 is 2.75 bits per heavy atom. The number of nitrogens with one attached hydrogen (secondary N) is 1. The fourth-order valence-electron chi connectivity index (χ4n) is 3.55. The molecular formula is C24H21F3N2O3. The van der Waals surface area contributed by atoms with Gasteiger partial charge in [0.15, 0.2) is 0 Å². The van der Waals surface area contributed by atoms with Gasteiger partial charge in [-0.15, -0.1) is 6.42 Å². The molecule has 1 aromatic heterocycles. The number of terminal acetylenes is 1. The summed E-state index contributed by atoms with van der Waals surface area (Å²) < 4.78 is 47.6. The molecule has 3 rings (SSSR count). The van der Waals surface area contributed by atoms with Gasteiger partial charge in [-0.3, -0.25) is 4.79 Å². The Kier molecular flexibility index (Phi) is 6.95. The lowest BCUT2D eigenvalue weighted by Gasteiger charge is -2.34. The summed E-state index contributed by atoms with van der Waals surface area (Å²) in [5.41, 5.74) is 0.279. The molecule has 32 heavy (non-hydrogen) atoms. The van der Waals surface area contributed by atoms with Crippen LogP contribution in [0.2, 0.25) is 0 Å². The maximum absolute atomic E-state index is 12.6. The van der Waals surface area contributed by atoms with Crippen LogP contribution in [0.3, 0.4) is 0 Å². The van der Waals surface area contributed by atoms with Crippen LogP contribution in [-0.4, -0.2) is 24.2 Å². The maximum atomic E-state index is 12.6. The van der Waals surface area contributed by atoms with E-state index in [9.17, 15) is 23.2 Å². The smallest absolute Gasteiger partial charge is 0.389 e. The second-order valence-corrected chi connectivity index (χ2v) is 7.51. The van der Waals surface area contributed by atoms with Crippen molar-refractivity contribution in [3.63, 3.8) is 0 Å². The molecule has 1 atom stereocenters. The van der Waals surface area contributed by atoms with Crippen molar-refractivity contribution in [2.45, 2.75) is 43.8 Å². The normalized spacial score (nSPS) is 18.6. The Hall–Kier alpha value is -3.65.